The lowest BCUT2D eigenvalue weighted by atomic mass is 9.82. The number of hydrogen-bond donors (Lipinski definition) is 3. The standard InChI is InChI=1S/C50H38N2O6S2/c1-49(2)36-11-7-5-9-32(36)34-19-17-30(24-38(34)49)52(31-18-20-35-33-10-6-8-12-37(33)50(3,4)39(35)25-31)29-15-13-27(14-16-29)45-43-44(58-22-21-57-43)47(60-45)46-42(54)41(53)40(59-46)23-28(26-51)48(55)56/h5-20,23-25,53-54H,21-22H2,1-4H3,(H,55,56)/b28-23+. The number of carboxylic acid groups (broad SMARTS) is 1. The molecule has 0 bridgehead atoms. The minimum absolute atomic E-state index is 0.0453. The third kappa shape index (κ3) is 5.57. The van der Waals surface area contributed by atoms with Gasteiger partial charge < -0.3 is 29.7 Å². The number of fused-ring (bicyclic) bond motifs is 7. The number of rotatable bonds is 7. The fourth-order valence-corrected chi connectivity index (χ4v) is 11.5. The maximum absolute atomic E-state index is 11.5. The molecule has 0 radical (unpaired) electrons. The van der Waals surface area contributed by atoms with Crippen molar-refractivity contribution in [2.45, 2.75) is 38.5 Å². The Kier molecular flexibility index (Phi) is 8.51. The topological polar surface area (TPSA) is 123 Å². The molecular formula is C50H38N2O6S2. The highest BCUT2D eigenvalue weighted by Gasteiger charge is 2.38. The monoisotopic (exact) mass is 826 g/mol. The van der Waals surface area contributed by atoms with Gasteiger partial charge in [0.25, 0.3) is 0 Å². The summed E-state index contributed by atoms with van der Waals surface area (Å²) in [4.78, 5) is 15.5. The lowest BCUT2D eigenvalue weighted by Crippen LogP contribution is -2.18. The Morgan fingerprint density at radius 1 is 0.650 bits per heavy atom. The van der Waals surface area contributed by atoms with Crippen molar-refractivity contribution in [2.75, 3.05) is 18.1 Å². The van der Waals surface area contributed by atoms with E-state index in [9.17, 15) is 25.4 Å². The van der Waals surface area contributed by atoms with Gasteiger partial charge in [0, 0.05) is 27.9 Å². The molecule has 0 spiro atoms. The summed E-state index contributed by atoms with van der Waals surface area (Å²) in [6, 6.07) is 40.9. The molecule has 7 aromatic rings. The molecule has 3 heterocycles. The number of hydrogen-bond acceptors (Lipinski definition) is 9. The Balaban J connectivity index is 1.09. The first-order chi connectivity index (χ1) is 28.9. The van der Waals surface area contributed by atoms with Crippen molar-refractivity contribution < 1.29 is 29.6 Å². The smallest absolute Gasteiger partial charge is 0.346 e. The molecule has 8 nitrogen and oxygen atoms in total. The van der Waals surface area contributed by atoms with Crippen LogP contribution in [0, 0.1) is 11.3 Å². The van der Waals surface area contributed by atoms with Crippen LogP contribution in [0.5, 0.6) is 23.0 Å². The van der Waals surface area contributed by atoms with Gasteiger partial charge in [0.2, 0.25) is 0 Å². The van der Waals surface area contributed by atoms with Crippen LogP contribution in [0.4, 0.5) is 17.1 Å². The van der Waals surface area contributed by atoms with E-state index in [1.807, 2.05) is 0 Å². The number of anilines is 3. The number of nitriles is 1. The zero-order valence-corrected chi connectivity index (χ0v) is 34.8. The number of thiophene rings is 2. The normalized spacial score (nSPS) is 15.1. The highest BCUT2D eigenvalue weighted by atomic mass is 32.1. The molecule has 10 rings (SSSR count). The lowest BCUT2D eigenvalue weighted by molar-refractivity contribution is -0.132. The Morgan fingerprint density at radius 3 is 1.68 bits per heavy atom. The Labute approximate surface area is 355 Å². The van der Waals surface area contributed by atoms with E-state index in [0.717, 1.165) is 44.9 Å². The predicted molar refractivity (Wildman–Crippen MR) is 238 cm³/mol. The van der Waals surface area contributed by atoms with Crippen LogP contribution in [-0.4, -0.2) is 34.5 Å². The van der Waals surface area contributed by atoms with Crippen LogP contribution in [0.2, 0.25) is 0 Å². The van der Waals surface area contributed by atoms with Crippen LogP contribution in [0.15, 0.2) is 115 Å². The highest BCUT2D eigenvalue weighted by molar-refractivity contribution is 7.25. The van der Waals surface area contributed by atoms with E-state index in [1.54, 1.807) is 6.07 Å². The second kappa shape index (κ2) is 13.6. The fourth-order valence-electron chi connectivity index (χ4n) is 9.12. The zero-order chi connectivity index (χ0) is 41.7. The molecule has 60 heavy (non-hydrogen) atoms. The van der Waals surface area contributed by atoms with Crippen LogP contribution in [-0.2, 0) is 15.6 Å². The van der Waals surface area contributed by atoms with E-state index in [0.29, 0.717) is 23.0 Å². The molecule has 1 aliphatic heterocycles. The minimum atomic E-state index is -1.43. The summed E-state index contributed by atoms with van der Waals surface area (Å²) in [7, 11) is 0. The van der Waals surface area contributed by atoms with Crippen molar-refractivity contribution in [3.05, 3.63) is 142 Å². The van der Waals surface area contributed by atoms with Gasteiger partial charge in [-0.2, -0.15) is 5.26 Å². The Morgan fingerprint density at radius 2 is 1.15 bits per heavy atom. The van der Waals surface area contributed by atoms with E-state index in [4.69, 9.17) is 9.47 Å². The van der Waals surface area contributed by atoms with Crippen molar-refractivity contribution in [2.24, 2.45) is 0 Å². The van der Waals surface area contributed by atoms with Gasteiger partial charge in [0.05, 0.1) is 19.5 Å². The molecule has 0 saturated heterocycles. The summed E-state index contributed by atoms with van der Waals surface area (Å²) < 4.78 is 12.3. The summed E-state index contributed by atoms with van der Waals surface area (Å²) in [5.41, 5.74) is 13.2. The summed E-state index contributed by atoms with van der Waals surface area (Å²) in [5, 5.41) is 40.6. The lowest BCUT2D eigenvalue weighted by Gasteiger charge is -2.30. The Hall–Kier alpha value is -6.80. The van der Waals surface area contributed by atoms with Crippen LogP contribution in [0.1, 0.15) is 54.8 Å². The van der Waals surface area contributed by atoms with Gasteiger partial charge in [-0.15, -0.1) is 22.7 Å². The molecule has 0 atom stereocenters. The first-order valence-corrected chi connectivity index (χ1v) is 21.2. The first-order valence-electron chi connectivity index (χ1n) is 19.6. The van der Waals surface area contributed by atoms with Gasteiger partial charge in [-0.25, -0.2) is 4.79 Å². The second-order valence-electron chi connectivity index (χ2n) is 16.3. The minimum Gasteiger partial charge on any atom is -0.503 e. The molecule has 10 heteroatoms. The largest absolute Gasteiger partial charge is 0.503 e. The summed E-state index contributed by atoms with van der Waals surface area (Å²) >= 11 is 2.31. The summed E-state index contributed by atoms with van der Waals surface area (Å²) in [6.45, 7) is 9.81. The molecule has 0 saturated carbocycles. The number of ether oxygens (including phenoxy) is 2. The van der Waals surface area contributed by atoms with Gasteiger partial charge in [-0.1, -0.05) is 100 Å². The van der Waals surface area contributed by atoms with Gasteiger partial charge in [0.15, 0.2) is 23.0 Å². The second-order valence-corrected chi connectivity index (χ2v) is 18.3. The van der Waals surface area contributed by atoms with Crippen molar-refractivity contribution in [1.29, 1.82) is 5.26 Å². The van der Waals surface area contributed by atoms with Crippen LogP contribution >= 0.6 is 22.7 Å². The van der Waals surface area contributed by atoms with E-state index >= 15 is 0 Å². The fraction of sp³-hybridized carbons (Fsp3) is 0.160. The predicted octanol–water partition coefficient (Wildman–Crippen LogP) is 12.4. The van der Waals surface area contributed by atoms with Crippen molar-refractivity contribution >= 4 is 51.8 Å². The summed E-state index contributed by atoms with van der Waals surface area (Å²) in [6.07, 6.45) is 1.05. The molecule has 0 unspecified atom stereocenters. The van der Waals surface area contributed by atoms with Gasteiger partial charge in [-0.05, 0) is 92.5 Å². The van der Waals surface area contributed by atoms with Crippen molar-refractivity contribution in [3.8, 4) is 71.5 Å². The number of carbonyl (C=O) groups is 1. The maximum atomic E-state index is 11.5. The number of carboxylic acids is 1. The van der Waals surface area contributed by atoms with Gasteiger partial charge >= 0.3 is 5.97 Å². The molecule has 2 aliphatic carbocycles. The molecule has 296 valence electrons. The van der Waals surface area contributed by atoms with Crippen molar-refractivity contribution in [3.63, 3.8) is 0 Å². The maximum Gasteiger partial charge on any atom is 0.346 e. The molecule has 0 fully saturated rings. The molecule has 3 N–H and O–H groups in total. The summed E-state index contributed by atoms with van der Waals surface area (Å²) in [5.74, 6) is -1.41. The average Bonchev–Trinajstić information content (AvgIpc) is 3.92. The molecule has 0 amide bonds. The third-order valence-corrected chi connectivity index (χ3v) is 14.6. The highest BCUT2D eigenvalue weighted by Crippen LogP contribution is 2.59. The molecule has 5 aromatic carbocycles. The number of aliphatic carboxylic acids is 1. The van der Waals surface area contributed by atoms with E-state index < -0.39 is 23.0 Å². The van der Waals surface area contributed by atoms with Gasteiger partial charge in [-0.3, -0.25) is 0 Å². The SMILES string of the molecule is CC1(C)c2ccccc2-c2ccc(N(c3ccc(-c4sc(-c5sc(/C=C(\C#N)C(=O)O)c(O)c5O)c5c4OCCO5)cc3)c3ccc4c(c3)C(C)(C)c3ccccc3-4)cc21. The molecule has 3 aliphatic rings. The van der Waals surface area contributed by atoms with E-state index in [2.05, 4.69) is 142 Å². The van der Waals surface area contributed by atoms with E-state index in [-0.39, 0.29) is 27.2 Å². The average molecular weight is 827 g/mol. The number of benzene rings is 5. The molecular weight excluding hydrogens is 789 g/mol. The van der Waals surface area contributed by atoms with Crippen molar-refractivity contribution in [1.82, 2.24) is 0 Å². The van der Waals surface area contributed by atoms with Gasteiger partial charge in [0.1, 0.15) is 24.9 Å². The Bertz CT molecular complexity index is 2910. The third-order valence-electron chi connectivity index (χ3n) is 12.2. The zero-order valence-electron chi connectivity index (χ0n) is 33.2. The van der Waals surface area contributed by atoms with E-state index in [1.165, 1.54) is 55.8 Å². The van der Waals surface area contributed by atoms with Crippen LogP contribution in [0.3, 0.4) is 0 Å². The number of nitrogens with zero attached hydrogens (tertiary/aromatic N) is 2. The van der Waals surface area contributed by atoms with Crippen LogP contribution < -0.4 is 14.4 Å². The first kappa shape index (κ1) is 37.5. The van der Waals surface area contributed by atoms with Crippen LogP contribution in [0.25, 0.3) is 48.5 Å². The quantitative estimate of drug-likeness (QED) is 0.107. The number of aromatic hydroxyl groups is 2. The molecule has 2 aromatic heterocycles.